The molecule has 0 saturated heterocycles. The Morgan fingerprint density at radius 1 is 1.47 bits per heavy atom. The number of amidine groups is 1. The number of oxime groups is 1. The van der Waals surface area contributed by atoms with E-state index in [2.05, 4.69) is 33.1 Å². The lowest BCUT2D eigenvalue weighted by Gasteiger charge is -2.14. The molecule has 0 atom stereocenters. The number of hydrogen-bond donors (Lipinski definition) is 3. The van der Waals surface area contributed by atoms with Gasteiger partial charge in [0.1, 0.15) is 5.41 Å². The summed E-state index contributed by atoms with van der Waals surface area (Å²) >= 11 is 2.14. The van der Waals surface area contributed by atoms with Crippen molar-refractivity contribution in [2.45, 2.75) is 12.8 Å². The van der Waals surface area contributed by atoms with Crippen LogP contribution < -0.4 is 11.1 Å². The Labute approximate surface area is 112 Å². The van der Waals surface area contributed by atoms with Crippen LogP contribution in [-0.2, 0) is 4.79 Å². The zero-order chi connectivity index (χ0) is 12.5. The van der Waals surface area contributed by atoms with Gasteiger partial charge in [0.05, 0.1) is 5.69 Å². The number of rotatable bonds is 3. The van der Waals surface area contributed by atoms with E-state index in [0.29, 0.717) is 12.8 Å². The van der Waals surface area contributed by atoms with Gasteiger partial charge in [0, 0.05) is 3.57 Å². The van der Waals surface area contributed by atoms with Crippen molar-refractivity contribution in [1.29, 1.82) is 0 Å². The molecule has 5 nitrogen and oxygen atoms in total. The van der Waals surface area contributed by atoms with Crippen molar-refractivity contribution in [2.75, 3.05) is 5.32 Å². The molecule has 17 heavy (non-hydrogen) atoms. The van der Waals surface area contributed by atoms with Gasteiger partial charge >= 0.3 is 0 Å². The maximum Gasteiger partial charge on any atom is 0.238 e. The molecule has 1 fully saturated rings. The number of benzene rings is 1. The second-order valence-electron chi connectivity index (χ2n) is 4.00. The van der Waals surface area contributed by atoms with Crippen LogP contribution in [0.1, 0.15) is 12.8 Å². The number of carbonyl (C=O) groups excluding carboxylic acids is 1. The van der Waals surface area contributed by atoms with Crippen LogP contribution in [-0.4, -0.2) is 17.0 Å². The number of nitrogens with one attached hydrogen (secondary N) is 1. The summed E-state index contributed by atoms with van der Waals surface area (Å²) in [5, 5.41) is 14.4. The molecule has 0 spiro atoms. The fraction of sp³-hybridized carbons (Fsp3) is 0.273. The minimum atomic E-state index is -0.812. The number of halogens is 1. The topological polar surface area (TPSA) is 87.7 Å². The second kappa shape index (κ2) is 4.52. The van der Waals surface area contributed by atoms with Crippen LogP contribution in [0.4, 0.5) is 5.69 Å². The third-order valence-corrected chi connectivity index (χ3v) is 3.85. The van der Waals surface area contributed by atoms with Crippen molar-refractivity contribution >= 4 is 40.0 Å². The van der Waals surface area contributed by atoms with Crippen molar-refractivity contribution in [3.63, 3.8) is 0 Å². The van der Waals surface area contributed by atoms with Gasteiger partial charge in [-0.25, -0.2) is 0 Å². The van der Waals surface area contributed by atoms with Crippen molar-refractivity contribution in [1.82, 2.24) is 0 Å². The molecule has 1 aliphatic rings. The fourth-order valence-electron chi connectivity index (χ4n) is 1.62. The Kier molecular flexibility index (Phi) is 3.23. The highest BCUT2D eigenvalue weighted by Crippen LogP contribution is 2.46. The van der Waals surface area contributed by atoms with Crippen LogP contribution in [0.5, 0.6) is 0 Å². The summed E-state index contributed by atoms with van der Waals surface area (Å²) in [5.74, 6) is -0.224. The normalized spacial score (nSPS) is 17.6. The lowest BCUT2D eigenvalue weighted by molar-refractivity contribution is -0.119. The SMILES string of the molecule is N/C(=N/O)C1(C(=O)Nc2ccccc2I)CC1. The molecule has 0 heterocycles. The van der Waals surface area contributed by atoms with Gasteiger partial charge in [-0.15, -0.1) is 0 Å². The Bertz CT molecular complexity index is 483. The third kappa shape index (κ3) is 2.21. The van der Waals surface area contributed by atoms with E-state index < -0.39 is 5.41 Å². The molecular weight excluding hydrogens is 333 g/mol. The summed E-state index contributed by atoms with van der Waals surface area (Å²) in [6.07, 6.45) is 1.25. The fourth-order valence-corrected chi connectivity index (χ4v) is 2.15. The Morgan fingerprint density at radius 3 is 2.65 bits per heavy atom. The van der Waals surface area contributed by atoms with E-state index in [9.17, 15) is 4.79 Å². The van der Waals surface area contributed by atoms with Gasteiger partial charge in [-0.1, -0.05) is 17.3 Å². The monoisotopic (exact) mass is 345 g/mol. The number of anilines is 1. The number of para-hydroxylation sites is 1. The lowest BCUT2D eigenvalue weighted by Crippen LogP contribution is -2.36. The Balaban J connectivity index is 2.16. The summed E-state index contributed by atoms with van der Waals surface area (Å²) in [6, 6.07) is 7.47. The number of hydrogen-bond acceptors (Lipinski definition) is 3. The van der Waals surface area contributed by atoms with E-state index in [-0.39, 0.29) is 11.7 Å². The largest absolute Gasteiger partial charge is 0.409 e. The highest BCUT2D eigenvalue weighted by molar-refractivity contribution is 14.1. The van der Waals surface area contributed by atoms with Crippen molar-refractivity contribution in [3.8, 4) is 0 Å². The maximum atomic E-state index is 12.1. The predicted molar refractivity (Wildman–Crippen MR) is 72.9 cm³/mol. The zero-order valence-electron chi connectivity index (χ0n) is 8.98. The average molecular weight is 345 g/mol. The van der Waals surface area contributed by atoms with Crippen molar-refractivity contribution < 1.29 is 10.0 Å². The lowest BCUT2D eigenvalue weighted by atomic mass is 10.1. The molecule has 0 bridgehead atoms. The number of amides is 1. The second-order valence-corrected chi connectivity index (χ2v) is 5.16. The van der Waals surface area contributed by atoms with E-state index in [1.54, 1.807) is 0 Å². The highest BCUT2D eigenvalue weighted by atomic mass is 127. The molecule has 0 radical (unpaired) electrons. The average Bonchev–Trinajstić information content (AvgIpc) is 3.12. The van der Waals surface area contributed by atoms with E-state index in [0.717, 1.165) is 9.26 Å². The quantitative estimate of drug-likeness (QED) is 0.256. The van der Waals surface area contributed by atoms with Crippen LogP contribution in [0, 0.1) is 8.99 Å². The molecule has 0 unspecified atom stereocenters. The van der Waals surface area contributed by atoms with E-state index in [1.165, 1.54) is 0 Å². The summed E-state index contributed by atoms with van der Waals surface area (Å²) in [4.78, 5) is 12.1. The van der Waals surface area contributed by atoms with Gasteiger partial charge in [-0.05, 0) is 47.6 Å². The van der Waals surface area contributed by atoms with Gasteiger partial charge in [0.25, 0.3) is 0 Å². The molecule has 1 amide bonds. The first-order valence-corrected chi connectivity index (χ1v) is 6.22. The van der Waals surface area contributed by atoms with Crippen LogP contribution in [0.25, 0.3) is 0 Å². The van der Waals surface area contributed by atoms with Gasteiger partial charge in [-0.2, -0.15) is 0 Å². The van der Waals surface area contributed by atoms with Gasteiger partial charge < -0.3 is 16.3 Å². The molecule has 1 aliphatic carbocycles. The zero-order valence-corrected chi connectivity index (χ0v) is 11.1. The number of carbonyl (C=O) groups is 1. The standard InChI is InChI=1S/C11H12IN3O2/c12-7-3-1-2-4-8(7)14-10(16)11(5-6-11)9(13)15-17/h1-4,17H,5-6H2,(H2,13,15)(H,14,16). The van der Waals surface area contributed by atoms with E-state index in [4.69, 9.17) is 10.9 Å². The molecule has 4 N–H and O–H groups in total. The molecule has 6 heteroatoms. The van der Waals surface area contributed by atoms with Crippen LogP contribution >= 0.6 is 22.6 Å². The molecule has 1 aromatic rings. The third-order valence-electron chi connectivity index (χ3n) is 2.90. The molecule has 0 aromatic heterocycles. The summed E-state index contributed by atoms with van der Waals surface area (Å²) in [5.41, 5.74) is 5.48. The molecular formula is C11H12IN3O2. The molecule has 2 rings (SSSR count). The first-order valence-electron chi connectivity index (χ1n) is 5.14. The number of nitrogens with two attached hydrogens (primary N) is 1. The van der Waals surface area contributed by atoms with Crippen LogP contribution in [0.2, 0.25) is 0 Å². The van der Waals surface area contributed by atoms with Gasteiger partial charge in [0.2, 0.25) is 5.91 Å². The minimum Gasteiger partial charge on any atom is -0.409 e. The molecule has 1 saturated carbocycles. The molecule has 0 aliphatic heterocycles. The Hall–Kier alpha value is -1.31. The van der Waals surface area contributed by atoms with Gasteiger partial charge in [0.15, 0.2) is 5.84 Å². The van der Waals surface area contributed by atoms with E-state index in [1.807, 2.05) is 24.3 Å². The first-order chi connectivity index (χ1) is 8.10. The minimum absolute atomic E-state index is 0.0130. The van der Waals surface area contributed by atoms with Crippen LogP contribution in [0.3, 0.4) is 0 Å². The smallest absolute Gasteiger partial charge is 0.238 e. The number of nitrogens with zero attached hydrogens (tertiary/aromatic N) is 1. The van der Waals surface area contributed by atoms with Crippen LogP contribution in [0.15, 0.2) is 29.4 Å². The summed E-state index contributed by atoms with van der Waals surface area (Å²) in [6.45, 7) is 0. The van der Waals surface area contributed by atoms with Gasteiger partial charge in [-0.3, -0.25) is 4.79 Å². The highest BCUT2D eigenvalue weighted by Gasteiger charge is 2.54. The van der Waals surface area contributed by atoms with Crippen molar-refractivity contribution in [3.05, 3.63) is 27.8 Å². The summed E-state index contributed by atoms with van der Waals surface area (Å²) < 4.78 is 0.953. The Morgan fingerprint density at radius 2 is 2.12 bits per heavy atom. The molecule has 90 valence electrons. The van der Waals surface area contributed by atoms with Crippen molar-refractivity contribution in [2.24, 2.45) is 16.3 Å². The van der Waals surface area contributed by atoms with E-state index >= 15 is 0 Å². The predicted octanol–water partition coefficient (Wildman–Crippen LogP) is 1.76. The first kappa shape index (κ1) is 12.2. The summed E-state index contributed by atoms with van der Waals surface area (Å²) in [7, 11) is 0. The maximum absolute atomic E-state index is 12.1. The molecule has 1 aromatic carbocycles.